The largest absolute Gasteiger partial charge is 0.494 e. The lowest BCUT2D eigenvalue weighted by Gasteiger charge is -2.06. The minimum Gasteiger partial charge on any atom is -0.494 e. The number of aromatic nitrogens is 4. The van der Waals surface area contributed by atoms with Gasteiger partial charge >= 0.3 is 5.69 Å². The number of aromatic amines is 2. The number of aromatic hydroxyl groups is 1. The third-order valence-corrected chi connectivity index (χ3v) is 3.80. The van der Waals surface area contributed by atoms with Crippen LogP contribution in [-0.4, -0.2) is 37.2 Å². The van der Waals surface area contributed by atoms with Crippen LogP contribution in [0.3, 0.4) is 0 Å². The van der Waals surface area contributed by atoms with Crippen LogP contribution in [-0.2, 0) is 0 Å². The zero-order chi connectivity index (χ0) is 21.0. The molecule has 0 saturated heterocycles. The fraction of sp³-hybridized carbons (Fsp3) is 0.111. The van der Waals surface area contributed by atoms with E-state index in [0.29, 0.717) is 10.7 Å². The molecule has 2 heterocycles. The van der Waals surface area contributed by atoms with E-state index < -0.39 is 17.1 Å². The molecule has 0 amide bonds. The van der Waals surface area contributed by atoms with Crippen LogP contribution < -0.4 is 16.6 Å². The molecule has 3 aromatic rings. The van der Waals surface area contributed by atoms with E-state index in [0.717, 1.165) is 17.6 Å². The van der Waals surface area contributed by atoms with E-state index in [-0.39, 0.29) is 17.5 Å². The van der Waals surface area contributed by atoms with Crippen LogP contribution in [0.25, 0.3) is 0 Å². The van der Waals surface area contributed by atoms with E-state index in [2.05, 4.69) is 30.3 Å². The second kappa shape index (κ2) is 8.48. The molecule has 0 spiro atoms. The van der Waals surface area contributed by atoms with Gasteiger partial charge in [0.2, 0.25) is 11.8 Å². The molecule has 0 fully saturated rings. The molecule has 10 nitrogen and oxygen atoms in total. The molecule has 0 bridgehead atoms. The number of hydrogen-bond acceptors (Lipinski definition) is 6. The molecule has 11 heteroatoms. The van der Waals surface area contributed by atoms with E-state index in [9.17, 15) is 14.7 Å². The van der Waals surface area contributed by atoms with Crippen LogP contribution in [0.5, 0.6) is 5.88 Å². The van der Waals surface area contributed by atoms with Crippen molar-refractivity contribution < 1.29 is 5.11 Å². The molecule has 3 rings (SSSR count). The lowest BCUT2D eigenvalue weighted by Crippen LogP contribution is -2.25. The summed E-state index contributed by atoms with van der Waals surface area (Å²) in [5.41, 5.74) is 0.192. The molecule has 148 valence electrons. The normalized spacial score (nSPS) is 11.8. The summed E-state index contributed by atoms with van der Waals surface area (Å²) in [7, 11) is 0. The Morgan fingerprint density at radius 1 is 1.14 bits per heavy atom. The van der Waals surface area contributed by atoms with Crippen LogP contribution in [0.4, 0.5) is 11.6 Å². The Morgan fingerprint density at radius 2 is 1.79 bits per heavy atom. The van der Waals surface area contributed by atoms with Gasteiger partial charge in [0.05, 0.1) is 0 Å². The smallest absolute Gasteiger partial charge is 0.328 e. The maximum absolute atomic E-state index is 11.9. The number of rotatable bonds is 3. The van der Waals surface area contributed by atoms with Crippen molar-refractivity contribution >= 4 is 35.4 Å². The summed E-state index contributed by atoms with van der Waals surface area (Å²) in [6, 6.07) is 8.57. The molecule has 1 aromatic carbocycles. The predicted octanol–water partition coefficient (Wildman–Crippen LogP) is 2.05. The SMILES string of the molecule is Cc1cc(C)nc(/N=C(/N=C/c2c(O)[nH]c(=O)[nH]c2=O)Nc2ccc(Cl)cc2)n1. The fourth-order valence-corrected chi connectivity index (χ4v) is 2.46. The van der Waals surface area contributed by atoms with Crippen LogP contribution in [0, 0.1) is 13.8 Å². The van der Waals surface area contributed by atoms with E-state index >= 15 is 0 Å². The van der Waals surface area contributed by atoms with E-state index in [1.807, 2.05) is 4.98 Å². The van der Waals surface area contributed by atoms with Gasteiger partial charge in [-0.15, -0.1) is 0 Å². The summed E-state index contributed by atoms with van der Waals surface area (Å²) >= 11 is 5.90. The van der Waals surface area contributed by atoms with Gasteiger partial charge in [-0.3, -0.25) is 14.8 Å². The van der Waals surface area contributed by atoms with Crippen molar-refractivity contribution in [2.24, 2.45) is 9.98 Å². The molecule has 0 radical (unpaired) electrons. The minimum atomic E-state index is -0.832. The van der Waals surface area contributed by atoms with Crippen LogP contribution in [0.1, 0.15) is 17.0 Å². The maximum Gasteiger partial charge on any atom is 0.328 e. The number of nitrogens with one attached hydrogen (secondary N) is 3. The average molecular weight is 414 g/mol. The Balaban J connectivity index is 2.02. The quantitative estimate of drug-likeness (QED) is 0.381. The summed E-state index contributed by atoms with van der Waals surface area (Å²) in [4.78, 5) is 44.0. The Bertz CT molecular complexity index is 1190. The van der Waals surface area contributed by atoms with Gasteiger partial charge in [0, 0.05) is 28.3 Å². The van der Waals surface area contributed by atoms with Gasteiger partial charge in [-0.25, -0.2) is 19.8 Å². The van der Waals surface area contributed by atoms with Crippen molar-refractivity contribution in [3.05, 3.63) is 73.1 Å². The van der Waals surface area contributed by atoms with Crippen LogP contribution >= 0.6 is 11.6 Å². The lowest BCUT2D eigenvalue weighted by atomic mass is 10.3. The second-order valence-electron chi connectivity index (χ2n) is 5.95. The maximum atomic E-state index is 11.9. The highest BCUT2D eigenvalue weighted by atomic mass is 35.5. The van der Waals surface area contributed by atoms with Gasteiger partial charge in [0.1, 0.15) is 5.56 Å². The second-order valence-corrected chi connectivity index (χ2v) is 6.38. The third-order valence-electron chi connectivity index (χ3n) is 3.55. The van der Waals surface area contributed by atoms with Crippen LogP contribution in [0.2, 0.25) is 5.02 Å². The first-order valence-electron chi connectivity index (χ1n) is 8.33. The Kier molecular flexibility index (Phi) is 5.84. The zero-order valence-electron chi connectivity index (χ0n) is 15.4. The zero-order valence-corrected chi connectivity index (χ0v) is 16.2. The number of aliphatic imine (C=N–C) groups is 2. The number of halogens is 1. The Morgan fingerprint density at radius 3 is 2.41 bits per heavy atom. The molecular formula is C18H16ClN7O3. The van der Waals surface area contributed by atoms with Gasteiger partial charge in [0.25, 0.3) is 11.5 Å². The van der Waals surface area contributed by atoms with Gasteiger partial charge in [0.15, 0.2) is 0 Å². The molecule has 0 aliphatic carbocycles. The van der Waals surface area contributed by atoms with Gasteiger partial charge < -0.3 is 10.4 Å². The summed E-state index contributed by atoms with van der Waals surface area (Å²) in [6.45, 7) is 3.61. The highest BCUT2D eigenvalue weighted by Gasteiger charge is 2.08. The molecule has 2 aromatic heterocycles. The summed E-state index contributed by atoms with van der Waals surface area (Å²) in [5, 5.41) is 13.3. The number of nitrogens with zero attached hydrogens (tertiary/aromatic N) is 4. The Labute approximate surface area is 169 Å². The first-order chi connectivity index (χ1) is 13.8. The lowest BCUT2D eigenvalue weighted by molar-refractivity contribution is 0.447. The molecule has 0 saturated carbocycles. The van der Waals surface area contributed by atoms with Crippen LogP contribution in [0.15, 0.2) is 49.9 Å². The molecule has 4 N–H and O–H groups in total. The number of benzene rings is 1. The van der Waals surface area contributed by atoms with Crippen molar-refractivity contribution in [2.45, 2.75) is 13.8 Å². The molecule has 0 aliphatic heterocycles. The summed E-state index contributed by atoms with van der Waals surface area (Å²) in [5.74, 6) is -0.408. The summed E-state index contributed by atoms with van der Waals surface area (Å²) in [6.07, 6.45) is 1.06. The number of hydrogen-bond donors (Lipinski definition) is 4. The standard InChI is InChI=1S/C18H16ClN7O3/c1-9-7-10(2)22-17(21-9)26-16(23-12-5-3-11(19)4-6-12)20-8-13-14(27)24-18(29)25-15(13)28/h3-8H,1-2H3,(H,21,22,23,26)(H3,24,25,27,28,29)/b20-8+. The van der Waals surface area contributed by atoms with Crippen molar-refractivity contribution in [1.82, 2.24) is 19.9 Å². The first-order valence-corrected chi connectivity index (χ1v) is 8.71. The summed E-state index contributed by atoms with van der Waals surface area (Å²) < 4.78 is 0. The van der Waals surface area contributed by atoms with Crippen molar-refractivity contribution in [3.63, 3.8) is 0 Å². The number of anilines is 1. The van der Waals surface area contributed by atoms with E-state index in [1.54, 1.807) is 44.2 Å². The molecule has 29 heavy (non-hydrogen) atoms. The number of guanidine groups is 1. The van der Waals surface area contributed by atoms with Gasteiger partial charge in [-0.05, 0) is 44.2 Å². The van der Waals surface area contributed by atoms with E-state index in [1.165, 1.54) is 0 Å². The van der Waals surface area contributed by atoms with Gasteiger partial charge in [-0.2, -0.15) is 4.99 Å². The third kappa shape index (κ3) is 5.36. The highest BCUT2D eigenvalue weighted by Crippen LogP contribution is 2.15. The number of aryl methyl sites for hydroxylation is 2. The monoisotopic (exact) mass is 413 g/mol. The Hall–Kier alpha value is -3.79. The van der Waals surface area contributed by atoms with E-state index in [4.69, 9.17) is 11.6 Å². The van der Waals surface area contributed by atoms with Crippen molar-refractivity contribution in [3.8, 4) is 5.88 Å². The predicted molar refractivity (Wildman–Crippen MR) is 111 cm³/mol. The highest BCUT2D eigenvalue weighted by molar-refractivity contribution is 6.30. The topological polar surface area (TPSA) is 148 Å². The molecule has 0 aliphatic rings. The van der Waals surface area contributed by atoms with Crippen molar-refractivity contribution in [1.29, 1.82) is 0 Å². The first kappa shape index (κ1) is 20.0. The molecular weight excluding hydrogens is 398 g/mol. The van der Waals surface area contributed by atoms with Gasteiger partial charge in [-0.1, -0.05) is 11.6 Å². The number of H-pyrrole nitrogens is 2. The molecule has 0 atom stereocenters. The minimum absolute atomic E-state index is 0.0438. The van der Waals surface area contributed by atoms with Crippen molar-refractivity contribution in [2.75, 3.05) is 5.32 Å². The molecule has 0 unspecified atom stereocenters. The fourth-order valence-electron chi connectivity index (χ4n) is 2.33. The average Bonchev–Trinajstić information content (AvgIpc) is 2.61.